The molecule has 0 rings (SSSR count). The molecule has 0 aromatic heterocycles. The van der Waals surface area contributed by atoms with Gasteiger partial charge < -0.3 is 5.32 Å². The number of carbonyl (C=O) groups is 3. The average Bonchev–Trinajstić information content (AvgIpc) is 2.52. The molecule has 0 aliphatic rings. The lowest BCUT2D eigenvalue weighted by atomic mass is 10.2. The van der Waals surface area contributed by atoms with E-state index in [4.69, 9.17) is 5.21 Å². The van der Waals surface area contributed by atoms with Crippen LogP contribution in [0.4, 0.5) is 0 Å². The fraction of sp³-hybridized carbons (Fsp3) is 0.800. The second kappa shape index (κ2) is 12.8. The van der Waals surface area contributed by atoms with Gasteiger partial charge in [0.25, 0.3) is 0 Å². The van der Waals surface area contributed by atoms with E-state index in [9.17, 15) is 19.6 Å². The summed E-state index contributed by atoms with van der Waals surface area (Å²) in [5, 5.41) is 22.6. The maximum absolute atomic E-state index is 11.6. The zero-order chi connectivity index (χ0) is 17.7. The molecule has 0 unspecified atom stereocenters. The molecule has 0 aromatic rings. The second-order valence-electron chi connectivity index (χ2n) is 5.42. The van der Waals surface area contributed by atoms with Crippen molar-refractivity contribution in [1.29, 1.82) is 0 Å². The van der Waals surface area contributed by atoms with Gasteiger partial charge in [-0.25, -0.2) is 10.1 Å². The Labute approximate surface area is 137 Å². The lowest BCUT2D eigenvalue weighted by Crippen LogP contribution is -2.31. The Morgan fingerprint density at radius 1 is 0.913 bits per heavy atom. The first-order valence-electron chi connectivity index (χ1n) is 8.11. The normalized spacial score (nSPS) is 10.3. The molecule has 0 atom stereocenters. The van der Waals surface area contributed by atoms with Gasteiger partial charge in [-0.2, -0.15) is 0 Å². The predicted molar refractivity (Wildman–Crippen MR) is 83.7 cm³/mol. The number of carbonyl (C=O) groups excluding carboxylic acids is 3. The summed E-state index contributed by atoms with van der Waals surface area (Å²) in [6, 6.07) is 0. The molecule has 3 N–H and O–H groups in total. The monoisotopic (exact) mass is 331 g/mol. The molecule has 0 aliphatic carbocycles. The number of nitrogens with one attached hydrogen (secondary N) is 1. The number of nitrogens with zero attached hydrogens (tertiary/aromatic N) is 2. The Balaban J connectivity index is 3.60. The van der Waals surface area contributed by atoms with Crippen LogP contribution >= 0.6 is 0 Å². The molecule has 8 nitrogen and oxygen atoms in total. The third-order valence-electron chi connectivity index (χ3n) is 3.31. The molecule has 23 heavy (non-hydrogen) atoms. The van der Waals surface area contributed by atoms with Crippen molar-refractivity contribution < 1.29 is 24.8 Å². The lowest BCUT2D eigenvalue weighted by molar-refractivity contribution is -0.166. The molecule has 0 saturated heterocycles. The first kappa shape index (κ1) is 21.3. The summed E-state index contributed by atoms with van der Waals surface area (Å²) in [5.74, 6) is -1.06. The van der Waals surface area contributed by atoms with Crippen molar-refractivity contribution in [3.05, 3.63) is 0 Å². The van der Waals surface area contributed by atoms with Crippen LogP contribution in [0.1, 0.15) is 58.8 Å². The number of hydrogen-bond acceptors (Lipinski definition) is 5. The fourth-order valence-corrected chi connectivity index (χ4v) is 1.82. The van der Waals surface area contributed by atoms with Crippen LogP contribution in [0.3, 0.4) is 0 Å². The highest BCUT2D eigenvalue weighted by Gasteiger charge is 2.12. The van der Waals surface area contributed by atoms with Crippen LogP contribution in [0.2, 0.25) is 0 Å². The van der Waals surface area contributed by atoms with Gasteiger partial charge in [0.15, 0.2) is 0 Å². The quantitative estimate of drug-likeness (QED) is 0.284. The van der Waals surface area contributed by atoms with Crippen molar-refractivity contribution >= 4 is 17.7 Å². The Bertz CT molecular complexity index is 376. The number of rotatable bonds is 12. The van der Waals surface area contributed by atoms with Crippen LogP contribution in [0, 0.1) is 0 Å². The van der Waals surface area contributed by atoms with E-state index in [-0.39, 0.29) is 31.2 Å². The molecular formula is C15H29N3O5. The van der Waals surface area contributed by atoms with E-state index in [0.717, 1.165) is 25.7 Å². The van der Waals surface area contributed by atoms with E-state index in [2.05, 4.69) is 5.32 Å². The molecule has 0 radical (unpaired) electrons. The number of hydrogen-bond donors (Lipinski definition) is 3. The van der Waals surface area contributed by atoms with Crippen molar-refractivity contribution in [1.82, 2.24) is 15.4 Å². The van der Waals surface area contributed by atoms with E-state index in [0.29, 0.717) is 29.6 Å². The van der Waals surface area contributed by atoms with Crippen molar-refractivity contribution in [2.24, 2.45) is 0 Å². The van der Waals surface area contributed by atoms with E-state index >= 15 is 0 Å². The van der Waals surface area contributed by atoms with Crippen LogP contribution in [0.5, 0.6) is 0 Å². The van der Waals surface area contributed by atoms with Gasteiger partial charge in [0.05, 0.1) is 0 Å². The van der Waals surface area contributed by atoms with E-state index in [1.165, 1.54) is 6.92 Å². The van der Waals surface area contributed by atoms with Gasteiger partial charge in [0, 0.05) is 39.4 Å². The van der Waals surface area contributed by atoms with Gasteiger partial charge in [-0.05, 0) is 25.7 Å². The Kier molecular flexibility index (Phi) is 11.9. The largest absolute Gasteiger partial charge is 0.356 e. The lowest BCUT2D eigenvalue weighted by Gasteiger charge is -2.14. The summed E-state index contributed by atoms with van der Waals surface area (Å²) in [6.45, 7) is 4.30. The van der Waals surface area contributed by atoms with Crippen molar-refractivity contribution in [2.45, 2.75) is 58.8 Å². The Morgan fingerprint density at radius 3 is 2.17 bits per heavy atom. The van der Waals surface area contributed by atoms with Crippen LogP contribution in [0.15, 0.2) is 0 Å². The molecule has 0 saturated carbocycles. The molecule has 0 fully saturated rings. The standard InChI is InChI=1S/C15H29N3O5/c1-3-4-11-18(23)15(21)9-8-14(20)16-10-6-5-7-12-17(22)13(2)19/h22-23H,3-12H2,1-2H3,(H,16,20). The van der Waals surface area contributed by atoms with Gasteiger partial charge in [0.1, 0.15) is 0 Å². The predicted octanol–water partition coefficient (Wildman–Crippen LogP) is 1.31. The first-order chi connectivity index (χ1) is 10.9. The van der Waals surface area contributed by atoms with Crippen LogP contribution < -0.4 is 5.32 Å². The first-order valence-corrected chi connectivity index (χ1v) is 8.11. The van der Waals surface area contributed by atoms with Gasteiger partial charge in [-0.1, -0.05) is 13.3 Å². The van der Waals surface area contributed by atoms with Crippen molar-refractivity contribution in [3.63, 3.8) is 0 Å². The molecule has 3 amide bonds. The molecular weight excluding hydrogens is 302 g/mol. The highest BCUT2D eigenvalue weighted by molar-refractivity contribution is 5.83. The molecule has 8 heteroatoms. The summed E-state index contributed by atoms with van der Waals surface area (Å²) in [7, 11) is 0. The van der Waals surface area contributed by atoms with Gasteiger partial charge in [-0.3, -0.25) is 24.8 Å². The minimum Gasteiger partial charge on any atom is -0.356 e. The molecule has 0 aromatic carbocycles. The van der Waals surface area contributed by atoms with Gasteiger partial charge >= 0.3 is 0 Å². The highest BCUT2D eigenvalue weighted by Crippen LogP contribution is 2.00. The van der Waals surface area contributed by atoms with Gasteiger partial charge in [0.2, 0.25) is 17.7 Å². The van der Waals surface area contributed by atoms with Crippen LogP contribution in [-0.2, 0) is 14.4 Å². The smallest absolute Gasteiger partial charge is 0.246 e. The number of unbranched alkanes of at least 4 members (excludes halogenated alkanes) is 3. The summed E-state index contributed by atoms with van der Waals surface area (Å²) in [6.07, 6.45) is 3.80. The zero-order valence-electron chi connectivity index (χ0n) is 14.1. The molecule has 134 valence electrons. The highest BCUT2D eigenvalue weighted by atomic mass is 16.5. The maximum atomic E-state index is 11.6. The van der Waals surface area contributed by atoms with Crippen LogP contribution in [-0.4, -0.2) is 57.9 Å². The summed E-state index contributed by atoms with van der Waals surface area (Å²) in [4.78, 5) is 33.8. The summed E-state index contributed by atoms with van der Waals surface area (Å²) >= 11 is 0. The topological polar surface area (TPSA) is 110 Å². The van der Waals surface area contributed by atoms with E-state index in [1.54, 1.807) is 0 Å². The molecule has 0 bridgehead atoms. The van der Waals surface area contributed by atoms with E-state index < -0.39 is 5.91 Å². The SMILES string of the molecule is CCCCN(O)C(=O)CCC(=O)NCCCCCN(O)C(C)=O. The van der Waals surface area contributed by atoms with Crippen molar-refractivity contribution in [2.75, 3.05) is 19.6 Å². The third-order valence-corrected chi connectivity index (χ3v) is 3.31. The van der Waals surface area contributed by atoms with Gasteiger partial charge in [-0.15, -0.1) is 0 Å². The maximum Gasteiger partial charge on any atom is 0.246 e. The summed E-state index contributed by atoms with van der Waals surface area (Å²) < 4.78 is 0. The zero-order valence-corrected chi connectivity index (χ0v) is 14.1. The minimum atomic E-state index is -0.444. The molecule has 0 spiro atoms. The average molecular weight is 331 g/mol. The van der Waals surface area contributed by atoms with Crippen molar-refractivity contribution in [3.8, 4) is 0 Å². The third kappa shape index (κ3) is 11.5. The van der Waals surface area contributed by atoms with Crippen LogP contribution in [0.25, 0.3) is 0 Å². The Hall–Kier alpha value is -1.67. The fourth-order valence-electron chi connectivity index (χ4n) is 1.82. The Morgan fingerprint density at radius 2 is 1.57 bits per heavy atom. The number of hydroxylamine groups is 4. The number of amides is 3. The minimum absolute atomic E-state index is 0.00979. The summed E-state index contributed by atoms with van der Waals surface area (Å²) in [5.41, 5.74) is 0. The second-order valence-corrected chi connectivity index (χ2v) is 5.42. The molecule has 0 aliphatic heterocycles. The molecule has 0 heterocycles. The van der Waals surface area contributed by atoms with E-state index in [1.807, 2.05) is 6.92 Å².